The van der Waals surface area contributed by atoms with E-state index in [-0.39, 0.29) is 23.4 Å². The van der Waals surface area contributed by atoms with Crippen molar-refractivity contribution < 1.29 is 14.0 Å². The zero-order chi connectivity index (χ0) is 27.1. The fraction of sp³-hybridized carbons (Fsp3) is 0.241. The molecule has 38 heavy (non-hydrogen) atoms. The molecule has 3 aromatic carbocycles. The first-order valence-electron chi connectivity index (χ1n) is 12.5. The molecule has 2 amide bonds. The van der Waals surface area contributed by atoms with Crippen LogP contribution in [-0.2, 0) is 22.6 Å². The number of fused-ring (bicyclic) bond motifs is 1. The van der Waals surface area contributed by atoms with E-state index in [1.807, 2.05) is 0 Å². The summed E-state index contributed by atoms with van der Waals surface area (Å²) >= 11 is 0. The van der Waals surface area contributed by atoms with Crippen LogP contribution >= 0.6 is 0 Å². The van der Waals surface area contributed by atoms with E-state index in [0.29, 0.717) is 17.7 Å². The molecule has 0 fully saturated rings. The van der Waals surface area contributed by atoms with Crippen LogP contribution < -0.4 is 21.9 Å². The molecule has 0 aliphatic rings. The molecule has 9 heteroatoms. The molecule has 2 N–H and O–H groups in total. The molecule has 0 aliphatic carbocycles. The summed E-state index contributed by atoms with van der Waals surface area (Å²) in [4.78, 5) is 51.8. The molecule has 1 aromatic heterocycles. The molecule has 0 aliphatic heterocycles. The van der Waals surface area contributed by atoms with Crippen LogP contribution in [0.25, 0.3) is 16.6 Å². The van der Waals surface area contributed by atoms with Crippen molar-refractivity contribution in [2.24, 2.45) is 0 Å². The zero-order valence-electron chi connectivity index (χ0n) is 21.1. The maximum atomic E-state index is 14.0. The Labute approximate surface area is 218 Å². The van der Waals surface area contributed by atoms with Crippen LogP contribution in [0.3, 0.4) is 0 Å². The molecule has 0 atom stereocenters. The van der Waals surface area contributed by atoms with Crippen LogP contribution in [0.4, 0.5) is 10.1 Å². The summed E-state index contributed by atoms with van der Waals surface area (Å²) in [5.74, 6) is -1.31. The molecular formula is C29H29FN4O4. The van der Waals surface area contributed by atoms with Crippen LogP contribution in [0.5, 0.6) is 0 Å². The Balaban J connectivity index is 1.62. The third-order valence-electron chi connectivity index (χ3n) is 6.16. The van der Waals surface area contributed by atoms with Crippen LogP contribution in [-0.4, -0.2) is 27.5 Å². The van der Waals surface area contributed by atoms with Crippen LogP contribution in [0.15, 0.2) is 82.4 Å². The number of hydrogen-bond acceptors (Lipinski definition) is 4. The van der Waals surface area contributed by atoms with Crippen molar-refractivity contribution >= 4 is 28.4 Å². The third kappa shape index (κ3) is 6.05. The predicted octanol–water partition coefficient (Wildman–Crippen LogP) is 3.78. The molecule has 1 heterocycles. The van der Waals surface area contributed by atoms with Gasteiger partial charge in [0.1, 0.15) is 12.4 Å². The maximum absolute atomic E-state index is 14.0. The van der Waals surface area contributed by atoms with Crippen molar-refractivity contribution in [3.05, 3.63) is 105 Å². The third-order valence-corrected chi connectivity index (χ3v) is 6.16. The second-order valence-electron chi connectivity index (χ2n) is 8.95. The van der Waals surface area contributed by atoms with Crippen molar-refractivity contribution in [1.82, 2.24) is 14.5 Å². The van der Waals surface area contributed by atoms with E-state index in [0.717, 1.165) is 29.4 Å². The van der Waals surface area contributed by atoms with Gasteiger partial charge in [-0.25, -0.2) is 13.8 Å². The van der Waals surface area contributed by atoms with Gasteiger partial charge in [0.15, 0.2) is 0 Å². The molecule has 0 radical (unpaired) electrons. The average Bonchev–Trinajstić information content (AvgIpc) is 2.91. The van der Waals surface area contributed by atoms with Crippen molar-refractivity contribution in [2.45, 2.75) is 39.2 Å². The predicted molar refractivity (Wildman–Crippen MR) is 145 cm³/mol. The van der Waals surface area contributed by atoms with Gasteiger partial charge in [0.05, 0.1) is 28.7 Å². The number of benzene rings is 3. The lowest BCUT2D eigenvalue weighted by atomic mass is 10.1. The van der Waals surface area contributed by atoms with Crippen molar-refractivity contribution in [3.63, 3.8) is 0 Å². The summed E-state index contributed by atoms with van der Waals surface area (Å²) < 4.78 is 16.2. The van der Waals surface area contributed by atoms with E-state index >= 15 is 0 Å². The number of carbonyl (C=O) groups excluding carboxylic acids is 2. The number of halogens is 1. The number of hydrogen-bond donors (Lipinski definition) is 2. The van der Waals surface area contributed by atoms with Gasteiger partial charge in [-0.2, -0.15) is 0 Å². The molecule has 4 rings (SSSR count). The molecular weight excluding hydrogens is 487 g/mol. The van der Waals surface area contributed by atoms with Crippen molar-refractivity contribution in [1.29, 1.82) is 0 Å². The lowest BCUT2D eigenvalue weighted by Crippen LogP contribution is -2.40. The highest BCUT2D eigenvalue weighted by atomic mass is 19.1. The van der Waals surface area contributed by atoms with Crippen LogP contribution in [0.1, 0.15) is 31.7 Å². The topological polar surface area (TPSA) is 102 Å². The highest BCUT2D eigenvalue weighted by Crippen LogP contribution is 2.14. The number of para-hydroxylation sites is 2. The van der Waals surface area contributed by atoms with Gasteiger partial charge in [-0.3, -0.25) is 19.0 Å². The van der Waals surface area contributed by atoms with E-state index in [4.69, 9.17) is 0 Å². The molecule has 0 bridgehead atoms. The Morgan fingerprint density at radius 3 is 2.32 bits per heavy atom. The Hall–Kier alpha value is -4.53. The number of nitrogens with zero attached hydrogens (tertiary/aromatic N) is 2. The van der Waals surface area contributed by atoms with Gasteiger partial charge in [-0.1, -0.05) is 56.2 Å². The number of aromatic nitrogens is 2. The van der Waals surface area contributed by atoms with Crippen LogP contribution in [0, 0.1) is 5.82 Å². The minimum atomic E-state index is -0.709. The standard InChI is InChI=1S/C29H29FN4O4/c1-2-3-8-17-31-26(35)18-20-13-15-21(16-14-20)34-28(37)22-9-4-7-12-25(22)33(29(34)38)19-27(36)32-24-11-6-5-10-23(24)30/h4-7,9-16H,2-3,8,17-19H2,1H3,(H,31,35)(H,32,36). The van der Waals surface area contributed by atoms with E-state index in [1.54, 1.807) is 54.6 Å². The SMILES string of the molecule is CCCCCNC(=O)Cc1ccc(-n2c(=O)c3ccccc3n(CC(=O)Nc3ccccc3F)c2=O)cc1. The number of unbranched alkanes of at least 4 members (excludes halogenated alkanes) is 2. The maximum Gasteiger partial charge on any atom is 0.336 e. The molecule has 0 saturated heterocycles. The fourth-order valence-corrected chi connectivity index (χ4v) is 4.21. The fourth-order valence-electron chi connectivity index (χ4n) is 4.21. The zero-order valence-corrected chi connectivity index (χ0v) is 21.1. The van der Waals surface area contributed by atoms with Gasteiger partial charge < -0.3 is 10.6 Å². The van der Waals surface area contributed by atoms with Crippen LogP contribution in [0.2, 0.25) is 0 Å². The highest BCUT2D eigenvalue weighted by Gasteiger charge is 2.17. The van der Waals surface area contributed by atoms with Gasteiger partial charge in [0.2, 0.25) is 11.8 Å². The van der Waals surface area contributed by atoms with E-state index in [2.05, 4.69) is 17.6 Å². The smallest absolute Gasteiger partial charge is 0.336 e. The molecule has 0 saturated carbocycles. The number of amides is 2. The monoisotopic (exact) mass is 516 g/mol. The van der Waals surface area contributed by atoms with Gasteiger partial charge in [0, 0.05) is 6.54 Å². The highest BCUT2D eigenvalue weighted by molar-refractivity contribution is 5.91. The number of nitrogens with one attached hydrogen (secondary N) is 2. The normalized spacial score (nSPS) is 10.9. The lowest BCUT2D eigenvalue weighted by Gasteiger charge is -2.15. The summed E-state index contributed by atoms with van der Waals surface area (Å²) in [6, 6.07) is 18.8. The summed E-state index contributed by atoms with van der Waals surface area (Å²) in [6.45, 7) is 2.30. The summed E-state index contributed by atoms with van der Waals surface area (Å²) in [5, 5.41) is 5.61. The number of carbonyl (C=O) groups is 2. The second kappa shape index (κ2) is 12.1. The van der Waals surface area contributed by atoms with Gasteiger partial charge in [-0.05, 0) is 48.4 Å². The molecule has 4 aromatic rings. The Kier molecular flexibility index (Phi) is 8.47. The van der Waals surface area contributed by atoms with E-state index in [9.17, 15) is 23.6 Å². The van der Waals surface area contributed by atoms with Gasteiger partial charge in [-0.15, -0.1) is 0 Å². The Morgan fingerprint density at radius 1 is 0.868 bits per heavy atom. The van der Waals surface area contributed by atoms with E-state index in [1.165, 1.54) is 22.8 Å². The largest absolute Gasteiger partial charge is 0.356 e. The minimum Gasteiger partial charge on any atom is -0.356 e. The second-order valence-corrected chi connectivity index (χ2v) is 8.95. The first-order chi connectivity index (χ1) is 18.4. The number of rotatable bonds is 10. The molecule has 8 nitrogen and oxygen atoms in total. The molecule has 196 valence electrons. The van der Waals surface area contributed by atoms with Gasteiger partial charge >= 0.3 is 5.69 Å². The molecule has 0 spiro atoms. The Morgan fingerprint density at radius 2 is 1.58 bits per heavy atom. The average molecular weight is 517 g/mol. The van der Waals surface area contributed by atoms with Crippen molar-refractivity contribution in [3.8, 4) is 5.69 Å². The number of anilines is 1. The quantitative estimate of drug-likeness (QED) is 0.313. The van der Waals surface area contributed by atoms with Gasteiger partial charge in [0.25, 0.3) is 5.56 Å². The summed E-state index contributed by atoms with van der Waals surface area (Å²) in [6.07, 6.45) is 3.23. The summed E-state index contributed by atoms with van der Waals surface area (Å²) in [5.41, 5.74) is 0.0878. The minimum absolute atomic E-state index is 0.00633. The molecule has 0 unspecified atom stereocenters. The van der Waals surface area contributed by atoms with E-state index < -0.39 is 29.5 Å². The Bertz CT molecular complexity index is 1570. The lowest BCUT2D eigenvalue weighted by molar-refractivity contribution is -0.120. The first kappa shape index (κ1) is 26.5. The van der Waals surface area contributed by atoms with Crippen molar-refractivity contribution in [2.75, 3.05) is 11.9 Å². The first-order valence-corrected chi connectivity index (χ1v) is 12.5. The summed E-state index contributed by atoms with van der Waals surface area (Å²) in [7, 11) is 0.